The lowest BCUT2D eigenvalue weighted by Gasteiger charge is -2.08. The van der Waals surface area contributed by atoms with E-state index < -0.39 is 11.7 Å². The second kappa shape index (κ2) is 6.01. The minimum atomic E-state index is -0.532. The zero-order chi connectivity index (χ0) is 14.5. The molecule has 0 aliphatic carbocycles. The van der Waals surface area contributed by atoms with Crippen molar-refractivity contribution in [2.45, 2.75) is 6.92 Å². The standard InChI is InChI=1S/C14H14FN3O2/c1-2-20-13-6-4-10(7-11(13)15)18-14(19)12-5-3-9(16)8-17-12/h3-8H,2,16H2,1H3,(H,18,19). The fourth-order valence-corrected chi connectivity index (χ4v) is 1.59. The van der Waals surface area contributed by atoms with E-state index in [2.05, 4.69) is 10.3 Å². The van der Waals surface area contributed by atoms with Crippen molar-refractivity contribution < 1.29 is 13.9 Å². The van der Waals surface area contributed by atoms with E-state index in [1.54, 1.807) is 19.1 Å². The molecule has 0 bridgehead atoms. The highest BCUT2D eigenvalue weighted by atomic mass is 19.1. The number of rotatable bonds is 4. The van der Waals surface area contributed by atoms with Gasteiger partial charge in [0.1, 0.15) is 5.69 Å². The number of nitrogens with zero attached hydrogens (tertiary/aromatic N) is 1. The quantitative estimate of drug-likeness (QED) is 0.898. The highest BCUT2D eigenvalue weighted by Crippen LogP contribution is 2.21. The summed E-state index contributed by atoms with van der Waals surface area (Å²) >= 11 is 0. The number of carbonyl (C=O) groups is 1. The Kier molecular flexibility index (Phi) is 4.14. The third-order valence-electron chi connectivity index (χ3n) is 2.51. The predicted octanol–water partition coefficient (Wildman–Crippen LogP) is 2.45. The Labute approximate surface area is 115 Å². The number of aromatic nitrogens is 1. The van der Waals surface area contributed by atoms with Gasteiger partial charge in [-0.3, -0.25) is 4.79 Å². The van der Waals surface area contributed by atoms with E-state index in [0.29, 0.717) is 18.0 Å². The van der Waals surface area contributed by atoms with Gasteiger partial charge in [-0.1, -0.05) is 0 Å². The monoisotopic (exact) mass is 275 g/mol. The molecule has 0 aliphatic rings. The molecular weight excluding hydrogens is 261 g/mol. The van der Waals surface area contributed by atoms with Crippen LogP contribution in [0.1, 0.15) is 17.4 Å². The summed E-state index contributed by atoms with van der Waals surface area (Å²) in [4.78, 5) is 15.8. The number of benzene rings is 1. The molecule has 1 aromatic heterocycles. The van der Waals surface area contributed by atoms with Crippen molar-refractivity contribution in [2.75, 3.05) is 17.7 Å². The van der Waals surface area contributed by atoms with Gasteiger partial charge < -0.3 is 15.8 Å². The molecule has 0 spiro atoms. The predicted molar refractivity (Wildman–Crippen MR) is 74.2 cm³/mol. The second-order valence-electron chi connectivity index (χ2n) is 4.01. The van der Waals surface area contributed by atoms with Gasteiger partial charge in [0.25, 0.3) is 5.91 Å². The van der Waals surface area contributed by atoms with Crippen molar-refractivity contribution in [1.82, 2.24) is 4.98 Å². The SMILES string of the molecule is CCOc1ccc(NC(=O)c2ccc(N)cn2)cc1F. The lowest BCUT2D eigenvalue weighted by Crippen LogP contribution is -2.13. The van der Waals surface area contributed by atoms with Crippen LogP contribution in [0.3, 0.4) is 0 Å². The van der Waals surface area contributed by atoms with E-state index >= 15 is 0 Å². The molecule has 6 heteroatoms. The first-order valence-electron chi connectivity index (χ1n) is 6.05. The molecule has 0 aliphatic heterocycles. The Morgan fingerprint density at radius 2 is 2.20 bits per heavy atom. The number of hydrogen-bond donors (Lipinski definition) is 2. The molecule has 104 valence electrons. The minimum absolute atomic E-state index is 0.149. The molecule has 1 aromatic carbocycles. The average Bonchev–Trinajstić information content (AvgIpc) is 2.42. The van der Waals surface area contributed by atoms with Crippen LogP contribution in [0.15, 0.2) is 36.5 Å². The second-order valence-corrected chi connectivity index (χ2v) is 4.01. The first-order chi connectivity index (χ1) is 9.60. The van der Waals surface area contributed by atoms with Crippen molar-refractivity contribution in [3.05, 3.63) is 48.0 Å². The van der Waals surface area contributed by atoms with E-state index in [1.165, 1.54) is 24.4 Å². The maximum absolute atomic E-state index is 13.6. The van der Waals surface area contributed by atoms with Crippen molar-refractivity contribution in [1.29, 1.82) is 0 Å². The van der Waals surface area contributed by atoms with Crippen molar-refractivity contribution in [3.63, 3.8) is 0 Å². The summed E-state index contributed by atoms with van der Waals surface area (Å²) in [5.74, 6) is -0.820. The first-order valence-corrected chi connectivity index (χ1v) is 6.05. The van der Waals surface area contributed by atoms with Crippen LogP contribution in [0.4, 0.5) is 15.8 Å². The van der Waals surface area contributed by atoms with Gasteiger partial charge in [0.15, 0.2) is 11.6 Å². The number of nitrogen functional groups attached to an aromatic ring is 1. The number of amides is 1. The van der Waals surface area contributed by atoms with Gasteiger partial charge >= 0.3 is 0 Å². The van der Waals surface area contributed by atoms with Crippen LogP contribution in [-0.2, 0) is 0 Å². The summed E-state index contributed by atoms with van der Waals surface area (Å²) in [7, 11) is 0. The molecule has 0 saturated heterocycles. The van der Waals surface area contributed by atoms with Crippen molar-refractivity contribution in [2.24, 2.45) is 0 Å². The number of nitrogens with two attached hydrogens (primary N) is 1. The lowest BCUT2D eigenvalue weighted by molar-refractivity contribution is 0.102. The molecule has 0 atom stereocenters. The molecule has 0 fully saturated rings. The maximum atomic E-state index is 13.6. The molecule has 1 amide bonds. The molecular formula is C14H14FN3O2. The Morgan fingerprint density at radius 1 is 1.40 bits per heavy atom. The molecule has 5 nitrogen and oxygen atoms in total. The average molecular weight is 275 g/mol. The van der Waals surface area contributed by atoms with E-state index in [4.69, 9.17) is 10.5 Å². The number of hydrogen-bond acceptors (Lipinski definition) is 4. The summed E-state index contributed by atoms with van der Waals surface area (Å²) in [6, 6.07) is 7.28. The van der Waals surface area contributed by atoms with Gasteiger partial charge in [-0.05, 0) is 31.2 Å². The zero-order valence-corrected chi connectivity index (χ0v) is 10.9. The Bertz CT molecular complexity index is 614. The largest absolute Gasteiger partial charge is 0.491 e. The van der Waals surface area contributed by atoms with Gasteiger partial charge in [-0.2, -0.15) is 0 Å². The summed E-state index contributed by atoms with van der Waals surface area (Å²) in [6.07, 6.45) is 1.38. The molecule has 0 saturated carbocycles. The molecule has 3 N–H and O–H groups in total. The number of ether oxygens (including phenoxy) is 1. The number of pyridine rings is 1. The van der Waals surface area contributed by atoms with Crippen LogP contribution >= 0.6 is 0 Å². The topological polar surface area (TPSA) is 77.2 Å². The van der Waals surface area contributed by atoms with Crippen LogP contribution in [-0.4, -0.2) is 17.5 Å². The first kappa shape index (κ1) is 13.8. The van der Waals surface area contributed by atoms with Crippen LogP contribution in [0, 0.1) is 5.82 Å². The van der Waals surface area contributed by atoms with E-state index in [-0.39, 0.29) is 11.4 Å². The summed E-state index contributed by atoms with van der Waals surface area (Å²) in [6.45, 7) is 2.14. The van der Waals surface area contributed by atoms with E-state index in [9.17, 15) is 9.18 Å². The van der Waals surface area contributed by atoms with Gasteiger partial charge in [0, 0.05) is 11.8 Å². The maximum Gasteiger partial charge on any atom is 0.274 e. The summed E-state index contributed by atoms with van der Waals surface area (Å²) in [5.41, 5.74) is 6.48. The number of halogens is 1. The Morgan fingerprint density at radius 3 is 2.80 bits per heavy atom. The molecule has 0 unspecified atom stereocenters. The molecule has 1 heterocycles. The van der Waals surface area contributed by atoms with Crippen LogP contribution in [0.5, 0.6) is 5.75 Å². The number of nitrogens with one attached hydrogen (secondary N) is 1. The third kappa shape index (κ3) is 3.23. The highest BCUT2D eigenvalue weighted by Gasteiger charge is 2.09. The molecule has 2 aromatic rings. The highest BCUT2D eigenvalue weighted by molar-refractivity contribution is 6.02. The van der Waals surface area contributed by atoms with E-state index in [0.717, 1.165) is 0 Å². The summed E-state index contributed by atoms with van der Waals surface area (Å²) in [5, 5.41) is 2.55. The molecule has 2 rings (SSSR count). The van der Waals surface area contributed by atoms with Gasteiger partial charge in [-0.15, -0.1) is 0 Å². The van der Waals surface area contributed by atoms with Crippen molar-refractivity contribution in [3.8, 4) is 5.75 Å². The van der Waals surface area contributed by atoms with Gasteiger partial charge in [-0.25, -0.2) is 9.37 Å². The number of carbonyl (C=O) groups excluding carboxylic acids is 1. The van der Waals surface area contributed by atoms with Gasteiger partial charge in [0.05, 0.1) is 18.5 Å². The smallest absolute Gasteiger partial charge is 0.274 e. The van der Waals surface area contributed by atoms with Crippen LogP contribution < -0.4 is 15.8 Å². The summed E-state index contributed by atoms with van der Waals surface area (Å²) < 4.78 is 18.7. The number of anilines is 2. The fraction of sp³-hybridized carbons (Fsp3) is 0.143. The lowest BCUT2D eigenvalue weighted by atomic mass is 10.2. The van der Waals surface area contributed by atoms with Gasteiger partial charge in [0.2, 0.25) is 0 Å². The fourth-order valence-electron chi connectivity index (χ4n) is 1.59. The molecule has 20 heavy (non-hydrogen) atoms. The van der Waals surface area contributed by atoms with Crippen LogP contribution in [0.25, 0.3) is 0 Å². The van der Waals surface area contributed by atoms with E-state index in [1.807, 2.05) is 0 Å². The van der Waals surface area contributed by atoms with Crippen molar-refractivity contribution >= 4 is 17.3 Å². The molecule has 0 radical (unpaired) electrons. The minimum Gasteiger partial charge on any atom is -0.491 e. The zero-order valence-electron chi connectivity index (χ0n) is 10.9. The Balaban J connectivity index is 2.11. The Hall–Kier alpha value is -2.63. The van der Waals surface area contributed by atoms with Crippen LogP contribution in [0.2, 0.25) is 0 Å². The third-order valence-corrected chi connectivity index (χ3v) is 2.51. The normalized spacial score (nSPS) is 10.1.